The molecule has 3 aromatic heterocycles. The van der Waals surface area contributed by atoms with Crippen LogP contribution in [-0.4, -0.2) is 74.0 Å². The number of hydrogen-bond acceptors (Lipinski definition) is 10. The lowest BCUT2D eigenvalue weighted by molar-refractivity contribution is -0.129. The fraction of sp³-hybridized carbons (Fsp3) is 0.576. The van der Waals surface area contributed by atoms with Crippen LogP contribution in [0.25, 0.3) is 11.0 Å². The second-order valence-electron chi connectivity index (χ2n) is 13.0. The standard InChI is InChI=1S/C33H44N8O4/c1-21-27-16-35-33(37-31(27)41(25-9-6-7-10-25)32(44)30(21)22(2)42)36-28-13-12-26(15-34-28)40-19-23-17-39(18-24(23)20-40)14-8-4-3-5-11-29(43)38-45/h12-13,15-16,23-25,45H,3-11,14,17-20H2,1-2H3,(H,38,43)(H,34,35,36,37). The number of hydrogen-bond donors (Lipinski definition) is 3. The van der Waals surface area contributed by atoms with Crippen molar-refractivity contribution in [2.24, 2.45) is 11.8 Å². The topological polar surface area (TPSA) is 146 Å². The number of hydroxylamine groups is 1. The fourth-order valence-electron chi connectivity index (χ4n) is 7.58. The molecule has 0 bridgehead atoms. The van der Waals surface area contributed by atoms with Gasteiger partial charge in [-0.2, -0.15) is 4.98 Å². The Morgan fingerprint density at radius 1 is 0.978 bits per heavy atom. The van der Waals surface area contributed by atoms with Crippen LogP contribution in [0.1, 0.15) is 86.7 Å². The molecule has 2 atom stereocenters. The molecule has 2 saturated heterocycles. The third-order valence-electron chi connectivity index (χ3n) is 9.92. The molecule has 12 heteroatoms. The van der Waals surface area contributed by atoms with Crippen molar-refractivity contribution in [3.63, 3.8) is 0 Å². The number of carbonyl (C=O) groups excluding carboxylic acids is 2. The van der Waals surface area contributed by atoms with E-state index in [-0.39, 0.29) is 28.9 Å². The predicted octanol–water partition coefficient (Wildman–Crippen LogP) is 4.38. The molecule has 5 heterocycles. The van der Waals surface area contributed by atoms with Gasteiger partial charge in [0, 0.05) is 50.2 Å². The SMILES string of the molecule is CC(=O)c1c(C)c2cnc(Nc3ccc(N4CC5CN(CCCCCCC(=O)NO)CC5C4)cn3)nc2n(C2CCCC2)c1=O. The minimum Gasteiger partial charge on any atom is -0.370 e. The van der Waals surface area contributed by atoms with Crippen LogP contribution in [0.2, 0.25) is 0 Å². The van der Waals surface area contributed by atoms with Crippen molar-refractivity contribution < 1.29 is 14.8 Å². The number of anilines is 3. The number of nitrogens with one attached hydrogen (secondary N) is 2. The molecule has 45 heavy (non-hydrogen) atoms. The monoisotopic (exact) mass is 616 g/mol. The number of ketones is 1. The number of aromatic nitrogens is 4. The van der Waals surface area contributed by atoms with Gasteiger partial charge in [-0.1, -0.05) is 25.7 Å². The first kappa shape index (κ1) is 31.1. The van der Waals surface area contributed by atoms with Gasteiger partial charge in [0.25, 0.3) is 5.56 Å². The summed E-state index contributed by atoms with van der Waals surface area (Å²) in [5.74, 6) is 1.79. The first-order valence-electron chi connectivity index (χ1n) is 16.4. The van der Waals surface area contributed by atoms with Gasteiger partial charge < -0.3 is 15.1 Å². The molecule has 3 fully saturated rings. The van der Waals surface area contributed by atoms with Crippen LogP contribution in [0, 0.1) is 18.8 Å². The third-order valence-corrected chi connectivity index (χ3v) is 9.92. The number of pyridine rings is 2. The highest BCUT2D eigenvalue weighted by Crippen LogP contribution is 2.35. The predicted molar refractivity (Wildman–Crippen MR) is 172 cm³/mol. The molecule has 12 nitrogen and oxygen atoms in total. The Hall–Kier alpha value is -3.90. The lowest BCUT2D eigenvalue weighted by Gasteiger charge is -2.23. The molecule has 1 amide bonds. The van der Waals surface area contributed by atoms with Gasteiger partial charge in [-0.25, -0.2) is 15.4 Å². The summed E-state index contributed by atoms with van der Waals surface area (Å²) >= 11 is 0. The summed E-state index contributed by atoms with van der Waals surface area (Å²) in [7, 11) is 0. The Kier molecular flexibility index (Phi) is 9.41. The molecule has 2 unspecified atom stereocenters. The van der Waals surface area contributed by atoms with E-state index < -0.39 is 0 Å². The Labute approximate surface area is 263 Å². The van der Waals surface area contributed by atoms with Crippen LogP contribution in [0.5, 0.6) is 0 Å². The zero-order valence-corrected chi connectivity index (χ0v) is 26.3. The molecule has 3 aliphatic rings. The second kappa shape index (κ2) is 13.6. The van der Waals surface area contributed by atoms with Crippen molar-refractivity contribution in [1.29, 1.82) is 0 Å². The van der Waals surface area contributed by atoms with Crippen LogP contribution >= 0.6 is 0 Å². The van der Waals surface area contributed by atoms with Crippen LogP contribution < -0.4 is 21.3 Å². The lowest BCUT2D eigenvalue weighted by atomic mass is 10.0. The van der Waals surface area contributed by atoms with Gasteiger partial charge in [0.15, 0.2) is 5.78 Å². The molecular weight excluding hydrogens is 572 g/mol. The Morgan fingerprint density at radius 2 is 1.71 bits per heavy atom. The molecule has 0 spiro atoms. The van der Waals surface area contributed by atoms with Crippen LogP contribution in [0.15, 0.2) is 29.3 Å². The highest BCUT2D eigenvalue weighted by atomic mass is 16.5. The average molecular weight is 617 g/mol. The van der Waals surface area contributed by atoms with Crippen LogP contribution in [0.3, 0.4) is 0 Å². The Bertz CT molecular complexity index is 1590. The molecular formula is C33H44N8O4. The molecule has 1 saturated carbocycles. The maximum absolute atomic E-state index is 13.5. The molecule has 6 rings (SSSR count). The van der Waals surface area contributed by atoms with Crippen molar-refractivity contribution in [2.45, 2.75) is 77.7 Å². The molecule has 3 aromatic rings. The van der Waals surface area contributed by atoms with E-state index in [1.54, 1.807) is 23.2 Å². The van der Waals surface area contributed by atoms with Gasteiger partial charge >= 0.3 is 0 Å². The number of aryl methyl sites for hydroxylation is 1. The number of carbonyl (C=O) groups is 2. The van der Waals surface area contributed by atoms with E-state index in [2.05, 4.69) is 31.2 Å². The van der Waals surface area contributed by atoms with Crippen molar-refractivity contribution >= 4 is 40.2 Å². The van der Waals surface area contributed by atoms with Gasteiger partial charge in [0.2, 0.25) is 11.9 Å². The van der Waals surface area contributed by atoms with Gasteiger partial charge in [-0.3, -0.25) is 24.2 Å². The van der Waals surface area contributed by atoms with E-state index >= 15 is 0 Å². The zero-order chi connectivity index (χ0) is 31.5. The van der Waals surface area contributed by atoms with Crippen LogP contribution in [0.4, 0.5) is 17.5 Å². The minimum atomic E-state index is -0.306. The van der Waals surface area contributed by atoms with Crippen molar-refractivity contribution in [3.05, 3.63) is 46.0 Å². The number of fused-ring (bicyclic) bond motifs is 2. The fourth-order valence-corrected chi connectivity index (χ4v) is 7.58. The number of Topliss-reactive ketones (excluding diaryl/α,β-unsaturated/α-hetero) is 1. The second-order valence-corrected chi connectivity index (χ2v) is 13.0. The first-order chi connectivity index (χ1) is 21.8. The van der Waals surface area contributed by atoms with E-state index in [1.165, 1.54) is 6.92 Å². The Morgan fingerprint density at radius 3 is 2.38 bits per heavy atom. The highest BCUT2D eigenvalue weighted by Gasteiger charge is 2.39. The lowest BCUT2D eigenvalue weighted by Crippen LogP contribution is -2.30. The molecule has 0 aromatic carbocycles. The summed E-state index contributed by atoms with van der Waals surface area (Å²) in [6.07, 6.45) is 12.0. The summed E-state index contributed by atoms with van der Waals surface area (Å²) in [6, 6.07) is 4.07. The van der Waals surface area contributed by atoms with Gasteiger partial charge in [0.05, 0.1) is 17.4 Å². The number of rotatable bonds is 12. The summed E-state index contributed by atoms with van der Waals surface area (Å²) in [4.78, 5) is 56.0. The minimum absolute atomic E-state index is 0.0322. The number of unbranched alkanes of at least 4 members (excludes halogenated alkanes) is 3. The first-order valence-corrected chi connectivity index (χ1v) is 16.4. The highest BCUT2D eigenvalue weighted by molar-refractivity contribution is 5.99. The largest absolute Gasteiger partial charge is 0.370 e. The number of likely N-dealkylation sites (tertiary alicyclic amines) is 1. The van der Waals surface area contributed by atoms with Gasteiger partial charge in [-0.15, -0.1) is 0 Å². The van der Waals surface area contributed by atoms with E-state index in [0.29, 0.717) is 41.2 Å². The third kappa shape index (κ3) is 6.72. The number of nitrogens with zero attached hydrogens (tertiary/aromatic N) is 6. The quantitative estimate of drug-likeness (QED) is 0.116. The average Bonchev–Trinajstić information content (AvgIpc) is 3.77. The molecule has 3 N–H and O–H groups in total. The molecule has 1 aliphatic carbocycles. The molecule has 2 aliphatic heterocycles. The molecule has 0 radical (unpaired) electrons. The van der Waals surface area contributed by atoms with Gasteiger partial charge in [0.1, 0.15) is 11.5 Å². The maximum atomic E-state index is 13.5. The number of amides is 1. The van der Waals surface area contributed by atoms with E-state index in [9.17, 15) is 14.4 Å². The molecule has 240 valence electrons. The maximum Gasteiger partial charge on any atom is 0.263 e. The van der Waals surface area contributed by atoms with Gasteiger partial charge in [-0.05, 0) is 75.6 Å². The summed E-state index contributed by atoms with van der Waals surface area (Å²) in [5.41, 5.74) is 3.97. The van der Waals surface area contributed by atoms with Crippen molar-refractivity contribution in [2.75, 3.05) is 42.9 Å². The summed E-state index contributed by atoms with van der Waals surface area (Å²) < 4.78 is 1.73. The van der Waals surface area contributed by atoms with E-state index in [1.807, 2.05) is 12.3 Å². The van der Waals surface area contributed by atoms with Crippen molar-refractivity contribution in [1.82, 2.24) is 29.9 Å². The van der Waals surface area contributed by atoms with Crippen molar-refractivity contribution in [3.8, 4) is 0 Å². The van der Waals surface area contributed by atoms with E-state index in [4.69, 9.17) is 10.2 Å². The summed E-state index contributed by atoms with van der Waals surface area (Å²) in [5, 5.41) is 12.5. The van der Waals surface area contributed by atoms with E-state index in [0.717, 1.165) is 95.2 Å². The Balaban J connectivity index is 1.06. The smallest absolute Gasteiger partial charge is 0.263 e. The van der Waals surface area contributed by atoms with Crippen LogP contribution in [-0.2, 0) is 4.79 Å². The zero-order valence-electron chi connectivity index (χ0n) is 26.3. The normalized spacial score (nSPS) is 20.2. The summed E-state index contributed by atoms with van der Waals surface area (Å²) in [6.45, 7) is 8.65.